The van der Waals surface area contributed by atoms with Crippen LogP contribution >= 0.6 is 0 Å². The lowest BCUT2D eigenvalue weighted by Crippen LogP contribution is -2.22. The molecule has 26 heavy (non-hydrogen) atoms. The first-order chi connectivity index (χ1) is 12.5. The third kappa shape index (κ3) is 3.23. The van der Waals surface area contributed by atoms with E-state index in [0.29, 0.717) is 22.3 Å². The molecule has 0 bridgehead atoms. The minimum absolute atomic E-state index is 0.0101. The van der Waals surface area contributed by atoms with Gasteiger partial charge < -0.3 is 9.88 Å². The van der Waals surface area contributed by atoms with Crippen molar-refractivity contribution in [3.63, 3.8) is 0 Å². The van der Waals surface area contributed by atoms with Crippen molar-refractivity contribution in [2.75, 3.05) is 14.1 Å². The van der Waals surface area contributed by atoms with Gasteiger partial charge in [0.15, 0.2) is 5.78 Å². The summed E-state index contributed by atoms with van der Waals surface area (Å²) in [5.74, 6) is -0.538. The van der Waals surface area contributed by atoms with Crippen LogP contribution in [0.25, 0.3) is 17.1 Å². The van der Waals surface area contributed by atoms with Gasteiger partial charge in [0.2, 0.25) is 0 Å². The Kier molecular flexibility index (Phi) is 4.63. The highest BCUT2D eigenvalue weighted by atomic mass is 16.2. The molecule has 3 aromatic rings. The number of hydrogen-bond donors (Lipinski definition) is 1. The van der Waals surface area contributed by atoms with Crippen molar-refractivity contribution in [3.05, 3.63) is 71.1 Å². The Bertz CT molecular complexity index is 1070. The fraction of sp³-hybridized carbons (Fsp3) is 0.100. The number of H-pyrrole nitrogens is 1. The monoisotopic (exact) mass is 344 g/mol. The maximum Gasteiger partial charge on any atom is 0.264 e. The average Bonchev–Trinajstić information content (AvgIpc) is 3.09. The standard InChI is InChI=1S/C20H16N4O2/c1-24(2)20(26)15(11-21)10-13-5-3-6-14(9-13)18(25)17-12-23-19-16(17)7-4-8-22-19/h3-10,12H,1-2H3,(H,22,23). The lowest BCUT2D eigenvalue weighted by atomic mass is 10.0. The predicted octanol–water partition coefficient (Wildman–Crippen LogP) is 2.79. The smallest absolute Gasteiger partial charge is 0.264 e. The number of aromatic amines is 1. The number of carbonyl (C=O) groups is 2. The van der Waals surface area contributed by atoms with Crippen molar-refractivity contribution < 1.29 is 9.59 Å². The molecule has 0 saturated heterocycles. The van der Waals surface area contributed by atoms with Crippen LogP contribution in [0.15, 0.2) is 54.4 Å². The summed E-state index contributed by atoms with van der Waals surface area (Å²) in [6.07, 6.45) is 4.78. The van der Waals surface area contributed by atoms with Crippen LogP contribution < -0.4 is 0 Å². The van der Waals surface area contributed by atoms with Gasteiger partial charge in [-0.3, -0.25) is 9.59 Å². The van der Waals surface area contributed by atoms with Crippen LogP contribution in [0.2, 0.25) is 0 Å². The topological polar surface area (TPSA) is 89.9 Å². The summed E-state index contributed by atoms with van der Waals surface area (Å²) in [4.78, 5) is 33.4. The van der Waals surface area contributed by atoms with E-state index in [9.17, 15) is 14.9 Å². The van der Waals surface area contributed by atoms with Crippen molar-refractivity contribution in [3.8, 4) is 6.07 Å². The number of amides is 1. The maximum absolute atomic E-state index is 12.9. The number of nitrogens with one attached hydrogen (secondary N) is 1. The van der Waals surface area contributed by atoms with Crippen LogP contribution in [0.1, 0.15) is 21.5 Å². The Balaban J connectivity index is 1.98. The van der Waals surface area contributed by atoms with Gasteiger partial charge in [0, 0.05) is 43.0 Å². The zero-order valence-corrected chi connectivity index (χ0v) is 14.4. The number of likely N-dealkylation sites (N-methyl/N-ethyl adjacent to an activating group) is 1. The number of ketones is 1. The van der Waals surface area contributed by atoms with Crippen molar-refractivity contribution in [2.45, 2.75) is 0 Å². The van der Waals surface area contributed by atoms with Crippen molar-refractivity contribution >= 4 is 28.8 Å². The Morgan fingerprint density at radius 2 is 2.04 bits per heavy atom. The fourth-order valence-corrected chi connectivity index (χ4v) is 2.62. The molecule has 2 aromatic heterocycles. The molecule has 2 heterocycles. The normalized spacial score (nSPS) is 11.2. The number of hydrogen-bond acceptors (Lipinski definition) is 4. The van der Waals surface area contributed by atoms with Crippen molar-refractivity contribution in [1.82, 2.24) is 14.9 Å². The van der Waals surface area contributed by atoms with Crippen LogP contribution in [0.4, 0.5) is 0 Å². The molecule has 0 aliphatic heterocycles. The first-order valence-electron chi connectivity index (χ1n) is 7.91. The van der Waals surface area contributed by atoms with E-state index < -0.39 is 0 Å². The predicted molar refractivity (Wildman–Crippen MR) is 98.3 cm³/mol. The number of pyridine rings is 1. The van der Waals surface area contributed by atoms with E-state index in [1.165, 1.54) is 11.0 Å². The first-order valence-corrected chi connectivity index (χ1v) is 7.91. The molecule has 0 radical (unpaired) electrons. The maximum atomic E-state index is 12.9. The first kappa shape index (κ1) is 17.1. The van der Waals surface area contributed by atoms with E-state index in [1.807, 2.05) is 12.1 Å². The molecular formula is C20H16N4O2. The largest absolute Gasteiger partial charge is 0.345 e. The lowest BCUT2D eigenvalue weighted by Gasteiger charge is -2.08. The van der Waals surface area contributed by atoms with Gasteiger partial charge in [-0.25, -0.2) is 4.98 Å². The molecule has 0 aliphatic rings. The van der Waals surface area contributed by atoms with Crippen LogP contribution in [0, 0.1) is 11.3 Å². The molecule has 6 heteroatoms. The second-order valence-corrected chi connectivity index (χ2v) is 5.93. The summed E-state index contributed by atoms with van der Waals surface area (Å²) in [6, 6.07) is 12.3. The lowest BCUT2D eigenvalue weighted by molar-refractivity contribution is -0.124. The minimum Gasteiger partial charge on any atom is -0.345 e. The molecule has 0 fully saturated rings. The molecule has 1 aromatic carbocycles. The number of nitriles is 1. The van der Waals surface area contributed by atoms with Crippen molar-refractivity contribution in [2.24, 2.45) is 0 Å². The molecule has 0 saturated carbocycles. The van der Waals surface area contributed by atoms with Crippen LogP contribution in [0.5, 0.6) is 0 Å². The molecule has 0 unspecified atom stereocenters. The molecule has 6 nitrogen and oxygen atoms in total. The molecule has 128 valence electrons. The zero-order valence-electron chi connectivity index (χ0n) is 14.4. The third-order valence-corrected chi connectivity index (χ3v) is 3.91. The Labute approximate surface area is 150 Å². The van der Waals surface area contributed by atoms with Gasteiger partial charge in [-0.05, 0) is 29.8 Å². The molecule has 3 rings (SSSR count). The van der Waals surface area contributed by atoms with E-state index in [2.05, 4.69) is 9.97 Å². The molecule has 0 spiro atoms. The molecule has 0 aliphatic carbocycles. The number of nitrogens with zero attached hydrogens (tertiary/aromatic N) is 3. The van der Waals surface area contributed by atoms with E-state index in [-0.39, 0.29) is 17.3 Å². The Morgan fingerprint density at radius 1 is 1.23 bits per heavy atom. The van der Waals surface area contributed by atoms with Crippen molar-refractivity contribution in [1.29, 1.82) is 5.26 Å². The number of benzene rings is 1. The second-order valence-electron chi connectivity index (χ2n) is 5.93. The quantitative estimate of drug-likeness (QED) is 0.448. The fourth-order valence-electron chi connectivity index (χ4n) is 2.62. The van der Waals surface area contributed by atoms with Gasteiger partial charge >= 0.3 is 0 Å². The summed E-state index contributed by atoms with van der Waals surface area (Å²) < 4.78 is 0. The van der Waals surface area contributed by atoms with Gasteiger partial charge in [0.05, 0.1) is 0 Å². The minimum atomic E-state index is -0.382. The summed E-state index contributed by atoms with van der Waals surface area (Å²) in [6.45, 7) is 0. The van der Waals surface area contributed by atoms with Gasteiger partial charge in [-0.1, -0.05) is 18.2 Å². The Hall–Kier alpha value is -3.72. The number of aromatic nitrogens is 2. The number of carbonyl (C=O) groups excluding carboxylic acids is 2. The zero-order chi connectivity index (χ0) is 18.7. The highest BCUT2D eigenvalue weighted by Gasteiger charge is 2.15. The molecule has 1 amide bonds. The van der Waals surface area contributed by atoms with Crippen LogP contribution in [-0.2, 0) is 4.79 Å². The van der Waals surface area contributed by atoms with E-state index in [0.717, 1.165) is 5.39 Å². The van der Waals surface area contributed by atoms with Crippen LogP contribution in [0.3, 0.4) is 0 Å². The summed E-state index contributed by atoms with van der Waals surface area (Å²) >= 11 is 0. The summed E-state index contributed by atoms with van der Waals surface area (Å²) in [7, 11) is 3.16. The summed E-state index contributed by atoms with van der Waals surface area (Å²) in [5.41, 5.74) is 2.27. The highest BCUT2D eigenvalue weighted by Crippen LogP contribution is 2.20. The number of fused-ring (bicyclic) bond motifs is 1. The van der Waals surface area contributed by atoms with Gasteiger partial charge in [-0.15, -0.1) is 0 Å². The molecular weight excluding hydrogens is 328 g/mol. The van der Waals surface area contributed by atoms with Gasteiger partial charge in [0.1, 0.15) is 17.3 Å². The van der Waals surface area contributed by atoms with Crippen LogP contribution in [-0.4, -0.2) is 40.7 Å². The third-order valence-electron chi connectivity index (χ3n) is 3.91. The average molecular weight is 344 g/mol. The van der Waals surface area contributed by atoms with Gasteiger partial charge in [0.25, 0.3) is 5.91 Å². The van der Waals surface area contributed by atoms with E-state index in [4.69, 9.17) is 0 Å². The molecule has 1 N–H and O–H groups in total. The number of rotatable bonds is 4. The van der Waals surface area contributed by atoms with E-state index >= 15 is 0 Å². The second kappa shape index (κ2) is 7.03. The SMILES string of the molecule is CN(C)C(=O)C(C#N)=Cc1cccc(C(=O)c2c[nH]c3ncccc23)c1. The Morgan fingerprint density at radius 3 is 2.77 bits per heavy atom. The molecule has 0 atom stereocenters. The van der Waals surface area contributed by atoms with Gasteiger partial charge in [-0.2, -0.15) is 5.26 Å². The van der Waals surface area contributed by atoms with E-state index in [1.54, 1.807) is 56.8 Å². The summed E-state index contributed by atoms with van der Waals surface area (Å²) in [5, 5.41) is 9.96. The highest BCUT2D eigenvalue weighted by molar-refractivity contribution is 6.16.